The average molecular weight is 225 g/mol. The van der Waals surface area contributed by atoms with E-state index < -0.39 is 0 Å². The van der Waals surface area contributed by atoms with Crippen LogP contribution in [0.3, 0.4) is 0 Å². The van der Waals surface area contributed by atoms with E-state index in [-0.39, 0.29) is 0 Å². The molecule has 2 aliphatic rings. The van der Waals surface area contributed by atoms with Crippen molar-refractivity contribution in [1.29, 1.82) is 0 Å². The average Bonchev–Trinajstić information content (AvgIpc) is 2.59. The first-order valence-electron chi connectivity index (χ1n) is 6.39. The summed E-state index contributed by atoms with van der Waals surface area (Å²) in [4.78, 5) is 16.5. The van der Waals surface area contributed by atoms with Crippen LogP contribution in [0.5, 0.6) is 0 Å². The Morgan fingerprint density at radius 1 is 1.31 bits per heavy atom. The van der Waals surface area contributed by atoms with E-state index in [2.05, 4.69) is 29.0 Å². The fraction of sp³-hybridized carbons (Fsp3) is 0.917. The van der Waals surface area contributed by atoms with Crippen molar-refractivity contribution < 1.29 is 4.79 Å². The normalized spacial score (nSPS) is 32.0. The highest BCUT2D eigenvalue weighted by Crippen LogP contribution is 2.22. The van der Waals surface area contributed by atoms with Gasteiger partial charge in [-0.05, 0) is 19.3 Å². The molecule has 0 aliphatic carbocycles. The maximum atomic E-state index is 12.1. The van der Waals surface area contributed by atoms with Crippen LogP contribution in [-0.2, 0) is 4.79 Å². The Bertz CT molecular complexity index is 251. The molecule has 0 aromatic rings. The predicted octanol–water partition coefficient (Wildman–Crippen LogP) is 0.149. The van der Waals surface area contributed by atoms with Gasteiger partial charge in [-0.3, -0.25) is 9.69 Å². The fourth-order valence-electron chi connectivity index (χ4n) is 2.80. The molecule has 92 valence electrons. The molecule has 4 nitrogen and oxygen atoms in total. The third kappa shape index (κ3) is 2.74. The van der Waals surface area contributed by atoms with Crippen LogP contribution < -0.4 is 5.32 Å². The summed E-state index contributed by atoms with van der Waals surface area (Å²) in [6, 6.07) is 0.436. The van der Waals surface area contributed by atoms with Gasteiger partial charge in [-0.25, -0.2) is 0 Å². The summed E-state index contributed by atoms with van der Waals surface area (Å²) in [6.07, 6.45) is 1.16. The lowest BCUT2D eigenvalue weighted by Gasteiger charge is -2.29. The Hall–Kier alpha value is -0.610. The summed E-state index contributed by atoms with van der Waals surface area (Å²) >= 11 is 0. The highest BCUT2D eigenvalue weighted by Gasteiger charge is 2.30. The van der Waals surface area contributed by atoms with Crippen LogP contribution in [0.2, 0.25) is 0 Å². The standard InChI is InChI=1S/C12H23N3O/c1-10-7-11(2)15(8-10)12(16)9-14-5-3-13-4-6-14/h10-11,13H,3-9H2,1-2H3. The van der Waals surface area contributed by atoms with E-state index in [9.17, 15) is 4.79 Å². The van der Waals surface area contributed by atoms with Crippen molar-refractivity contribution in [2.45, 2.75) is 26.3 Å². The number of hydrogen-bond acceptors (Lipinski definition) is 3. The van der Waals surface area contributed by atoms with E-state index in [0.29, 0.717) is 24.4 Å². The largest absolute Gasteiger partial charge is 0.339 e. The fourth-order valence-corrected chi connectivity index (χ4v) is 2.80. The minimum atomic E-state index is 0.318. The van der Waals surface area contributed by atoms with Crippen molar-refractivity contribution in [3.8, 4) is 0 Å². The van der Waals surface area contributed by atoms with Gasteiger partial charge in [0, 0.05) is 38.8 Å². The molecule has 1 N–H and O–H groups in total. The van der Waals surface area contributed by atoms with Gasteiger partial charge in [0.05, 0.1) is 6.54 Å². The van der Waals surface area contributed by atoms with E-state index >= 15 is 0 Å². The minimum Gasteiger partial charge on any atom is -0.339 e. The van der Waals surface area contributed by atoms with Crippen molar-refractivity contribution in [3.05, 3.63) is 0 Å². The lowest BCUT2D eigenvalue weighted by molar-refractivity contribution is -0.133. The van der Waals surface area contributed by atoms with Gasteiger partial charge < -0.3 is 10.2 Å². The van der Waals surface area contributed by atoms with Crippen molar-refractivity contribution in [1.82, 2.24) is 15.1 Å². The van der Waals surface area contributed by atoms with Crippen LogP contribution in [-0.4, -0.2) is 61.0 Å². The highest BCUT2D eigenvalue weighted by atomic mass is 16.2. The molecule has 0 bridgehead atoms. The summed E-state index contributed by atoms with van der Waals surface area (Å²) < 4.78 is 0. The summed E-state index contributed by atoms with van der Waals surface area (Å²) in [7, 11) is 0. The maximum absolute atomic E-state index is 12.1. The van der Waals surface area contributed by atoms with Gasteiger partial charge in [-0.15, -0.1) is 0 Å². The zero-order valence-corrected chi connectivity index (χ0v) is 10.4. The lowest BCUT2D eigenvalue weighted by atomic mass is 10.1. The zero-order chi connectivity index (χ0) is 11.5. The molecule has 2 fully saturated rings. The molecule has 0 aromatic carbocycles. The molecule has 2 aliphatic heterocycles. The van der Waals surface area contributed by atoms with Crippen LogP contribution in [0.15, 0.2) is 0 Å². The van der Waals surface area contributed by atoms with E-state index in [0.717, 1.165) is 39.1 Å². The van der Waals surface area contributed by atoms with E-state index in [4.69, 9.17) is 0 Å². The topological polar surface area (TPSA) is 35.6 Å². The van der Waals surface area contributed by atoms with Crippen molar-refractivity contribution in [2.75, 3.05) is 39.3 Å². The van der Waals surface area contributed by atoms with Gasteiger partial charge >= 0.3 is 0 Å². The first-order chi connectivity index (χ1) is 7.66. The van der Waals surface area contributed by atoms with Gasteiger partial charge in [0.2, 0.25) is 5.91 Å². The Morgan fingerprint density at radius 3 is 2.56 bits per heavy atom. The van der Waals surface area contributed by atoms with Gasteiger partial charge in [-0.1, -0.05) is 6.92 Å². The lowest BCUT2D eigenvalue weighted by Crippen LogP contribution is -2.49. The monoisotopic (exact) mass is 225 g/mol. The number of likely N-dealkylation sites (tertiary alicyclic amines) is 1. The molecular formula is C12H23N3O. The van der Waals surface area contributed by atoms with Gasteiger partial charge in [0.25, 0.3) is 0 Å². The van der Waals surface area contributed by atoms with E-state index in [1.807, 2.05) is 0 Å². The van der Waals surface area contributed by atoms with Crippen LogP contribution >= 0.6 is 0 Å². The SMILES string of the molecule is CC1CC(C)N(C(=O)CN2CCNCC2)C1. The maximum Gasteiger partial charge on any atom is 0.236 e. The van der Waals surface area contributed by atoms with Crippen LogP contribution in [0.25, 0.3) is 0 Å². The number of amides is 1. The number of piperazine rings is 1. The van der Waals surface area contributed by atoms with Crippen molar-refractivity contribution in [2.24, 2.45) is 5.92 Å². The molecule has 2 heterocycles. The molecule has 0 spiro atoms. The van der Waals surface area contributed by atoms with Crippen LogP contribution in [0.4, 0.5) is 0 Å². The molecule has 4 heteroatoms. The minimum absolute atomic E-state index is 0.318. The van der Waals surface area contributed by atoms with Crippen LogP contribution in [0, 0.1) is 5.92 Å². The number of nitrogens with zero attached hydrogens (tertiary/aromatic N) is 2. The second kappa shape index (κ2) is 5.15. The first kappa shape index (κ1) is 11.9. The van der Waals surface area contributed by atoms with Gasteiger partial charge in [0.1, 0.15) is 0 Å². The van der Waals surface area contributed by atoms with Crippen molar-refractivity contribution >= 4 is 5.91 Å². The highest BCUT2D eigenvalue weighted by molar-refractivity contribution is 5.78. The third-order valence-electron chi connectivity index (χ3n) is 3.67. The molecular weight excluding hydrogens is 202 g/mol. The molecule has 1 amide bonds. The van der Waals surface area contributed by atoms with E-state index in [1.165, 1.54) is 0 Å². The molecule has 0 aromatic heterocycles. The Morgan fingerprint density at radius 2 is 2.00 bits per heavy atom. The molecule has 16 heavy (non-hydrogen) atoms. The second-order valence-electron chi connectivity index (χ2n) is 5.26. The molecule has 2 atom stereocenters. The first-order valence-corrected chi connectivity index (χ1v) is 6.39. The van der Waals surface area contributed by atoms with Crippen LogP contribution in [0.1, 0.15) is 20.3 Å². The molecule has 2 unspecified atom stereocenters. The quantitative estimate of drug-likeness (QED) is 0.726. The van der Waals surface area contributed by atoms with Gasteiger partial charge in [0.15, 0.2) is 0 Å². The molecule has 2 saturated heterocycles. The zero-order valence-electron chi connectivity index (χ0n) is 10.4. The second-order valence-corrected chi connectivity index (χ2v) is 5.26. The summed E-state index contributed by atoms with van der Waals surface area (Å²) in [5, 5.41) is 3.31. The number of carbonyl (C=O) groups is 1. The Balaban J connectivity index is 1.82. The Labute approximate surface area is 98.0 Å². The third-order valence-corrected chi connectivity index (χ3v) is 3.67. The predicted molar refractivity (Wildman–Crippen MR) is 64.3 cm³/mol. The molecule has 2 rings (SSSR count). The molecule has 0 saturated carbocycles. The number of nitrogens with one attached hydrogen (secondary N) is 1. The molecule has 0 radical (unpaired) electrons. The summed E-state index contributed by atoms with van der Waals surface area (Å²) in [5.41, 5.74) is 0. The summed E-state index contributed by atoms with van der Waals surface area (Å²) in [6.45, 7) is 9.99. The Kier molecular flexibility index (Phi) is 3.82. The number of carbonyl (C=O) groups excluding carboxylic acids is 1. The smallest absolute Gasteiger partial charge is 0.236 e. The summed E-state index contributed by atoms with van der Waals surface area (Å²) in [5.74, 6) is 0.987. The number of rotatable bonds is 2. The van der Waals surface area contributed by atoms with Crippen molar-refractivity contribution in [3.63, 3.8) is 0 Å². The number of hydrogen-bond donors (Lipinski definition) is 1. The van der Waals surface area contributed by atoms with E-state index in [1.54, 1.807) is 0 Å². The van der Waals surface area contributed by atoms with Gasteiger partial charge in [-0.2, -0.15) is 0 Å².